The number of ketones is 1. The average molecular weight is 412 g/mol. The summed E-state index contributed by atoms with van der Waals surface area (Å²) in [6, 6.07) is 22.7. The first-order valence-electron chi connectivity index (χ1n) is 10.1. The van der Waals surface area contributed by atoms with E-state index >= 15 is 0 Å². The molecule has 30 heavy (non-hydrogen) atoms. The van der Waals surface area contributed by atoms with Crippen LogP contribution in [0.5, 0.6) is 0 Å². The number of rotatable bonds is 6. The lowest BCUT2D eigenvalue weighted by atomic mass is 10.0. The fourth-order valence-corrected chi connectivity index (χ4v) is 4.54. The van der Waals surface area contributed by atoms with Gasteiger partial charge in [-0.15, -0.1) is 5.10 Å². The minimum atomic E-state index is 0.0887. The molecule has 0 radical (unpaired) electrons. The maximum Gasteiger partial charge on any atom is 0.209 e. The molecule has 5 rings (SSSR count). The highest BCUT2D eigenvalue weighted by Crippen LogP contribution is 2.37. The molecule has 0 saturated heterocycles. The molecule has 0 atom stereocenters. The van der Waals surface area contributed by atoms with Gasteiger partial charge in [0.2, 0.25) is 5.16 Å². The zero-order valence-electron chi connectivity index (χ0n) is 16.7. The molecule has 0 bridgehead atoms. The van der Waals surface area contributed by atoms with Crippen LogP contribution in [-0.4, -0.2) is 26.7 Å². The number of carbonyl (C=O) groups excluding carboxylic acids is 1. The number of thioether (sulfide) groups is 1. The van der Waals surface area contributed by atoms with Gasteiger partial charge in [-0.3, -0.25) is 9.89 Å². The van der Waals surface area contributed by atoms with Crippen molar-refractivity contribution in [1.29, 1.82) is 0 Å². The molecule has 0 spiro atoms. The summed E-state index contributed by atoms with van der Waals surface area (Å²) in [5.74, 6) is 1.12. The molecule has 1 heterocycles. The number of aryl methyl sites for hydroxylation is 1. The van der Waals surface area contributed by atoms with Gasteiger partial charge in [-0.25, -0.2) is 4.98 Å². The third-order valence-electron chi connectivity index (χ3n) is 5.55. The van der Waals surface area contributed by atoms with Crippen molar-refractivity contribution >= 4 is 17.5 Å². The number of nitrogens with one attached hydrogen (secondary N) is 1. The Bertz CT molecular complexity index is 1230. The lowest BCUT2D eigenvalue weighted by molar-refractivity contribution is 0.102. The number of aromatic amines is 1. The summed E-state index contributed by atoms with van der Waals surface area (Å²) in [7, 11) is 0. The van der Waals surface area contributed by atoms with Crippen LogP contribution < -0.4 is 0 Å². The molecule has 1 N–H and O–H groups in total. The van der Waals surface area contributed by atoms with Gasteiger partial charge < -0.3 is 0 Å². The van der Waals surface area contributed by atoms with E-state index in [9.17, 15) is 4.79 Å². The maximum atomic E-state index is 12.8. The molecular formula is C25H21N3OS. The second-order valence-electron chi connectivity index (χ2n) is 7.43. The summed E-state index contributed by atoms with van der Waals surface area (Å²) in [4.78, 5) is 17.3. The zero-order chi connectivity index (χ0) is 20.5. The first-order valence-corrected chi connectivity index (χ1v) is 11.1. The normalized spacial score (nSPS) is 11.9. The highest BCUT2D eigenvalue weighted by Gasteiger charge is 2.19. The number of hydrogen-bond acceptors (Lipinski definition) is 4. The van der Waals surface area contributed by atoms with Crippen molar-refractivity contribution in [3.8, 4) is 22.5 Å². The van der Waals surface area contributed by atoms with Crippen LogP contribution >= 0.6 is 11.8 Å². The van der Waals surface area contributed by atoms with Crippen molar-refractivity contribution in [2.24, 2.45) is 0 Å². The molecule has 5 heteroatoms. The Morgan fingerprint density at radius 2 is 1.80 bits per heavy atom. The molecule has 148 valence electrons. The first kappa shape index (κ1) is 18.8. The number of benzene rings is 3. The second kappa shape index (κ2) is 7.92. The maximum absolute atomic E-state index is 12.8. The van der Waals surface area contributed by atoms with Crippen LogP contribution in [0.1, 0.15) is 34.0 Å². The fraction of sp³-hybridized carbons (Fsp3) is 0.160. The summed E-state index contributed by atoms with van der Waals surface area (Å²) in [5.41, 5.74) is 8.05. The Morgan fingerprint density at radius 3 is 2.63 bits per heavy atom. The molecule has 0 unspecified atom stereocenters. The van der Waals surface area contributed by atoms with Gasteiger partial charge in [-0.1, -0.05) is 79.3 Å². The van der Waals surface area contributed by atoms with Crippen molar-refractivity contribution in [2.75, 3.05) is 5.75 Å². The van der Waals surface area contributed by atoms with E-state index in [-0.39, 0.29) is 5.78 Å². The number of fused-ring (bicyclic) bond motifs is 3. The molecule has 3 aromatic carbocycles. The van der Waals surface area contributed by atoms with E-state index in [4.69, 9.17) is 0 Å². The number of H-pyrrole nitrogens is 1. The number of hydrogen-bond donors (Lipinski definition) is 1. The predicted molar refractivity (Wildman–Crippen MR) is 121 cm³/mol. The summed E-state index contributed by atoms with van der Waals surface area (Å²) in [6.07, 6.45) is 1.95. The summed E-state index contributed by atoms with van der Waals surface area (Å²) in [6.45, 7) is 2.13. The standard InChI is InChI=1S/C25H21N3OS/c1-2-16-7-9-17(10-8-16)24-26-25(28-27-24)30-15-23(29)20-12-11-19-13-18-5-3-4-6-21(18)22(19)14-20/h3-12,14H,2,13,15H2,1H3,(H,26,27,28). The van der Waals surface area contributed by atoms with Gasteiger partial charge in [0.15, 0.2) is 11.6 Å². The smallest absolute Gasteiger partial charge is 0.209 e. The molecule has 1 aromatic heterocycles. The Labute approximate surface area is 179 Å². The van der Waals surface area contributed by atoms with E-state index in [0.29, 0.717) is 10.9 Å². The molecule has 4 nitrogen and oxygen atoms in total. The van der Waals surface area contributed by atoms with Gasteiger partial charge in [0, 0.05) is 11.1 Å². The minimum Gasteiger partial charge on any atom is -0.293 e. The van der Waals surface area contributed by atoms with Crippen molar-refractivity contribution in [2.45, 2.75) is 24.9 Å². The van der Waals surface area contributed by atoms with Crippen molar-refractivity contribution in [3.05, 3.63) is 89.0 Å². The van der Waals surface area contributed by atoms with Gasteiger partial charge in [-0.05, 0) is 46.7 Å². The molecule has 0 amide bonds. The summed E-state index contributed by atoms with van der Waals surface area (Å²) >= 11 is 1.36. The molecule has 4 aromatic rings. The summed E-state index contributed by atoms with van der Waals surface area (Å²) in [5, 5.41) is 7.83. The van der Waals surface area contributed by atoms with E-state index < -0.39 is 0 Å². The van der Waals surface area contributed by atoms with Crippen LogP contribution in [0.25, 0.3) is 22.5 Å². The van der Waals surface area contributed by atoms with Crippen molar-refractivity contribution in [3.63, 3.8) is 0 Å². The van der Waals surface area contributed by atoms with Crippen LogP contribution in [0.3, 0.4) is 0 Å². The second-order valence-corrected chi connectivity index (χ2v) is 8.38. The van der Waals surface area contributed by atoms with Crippen LogP contribution in [0, 0.1) is 0 Å². The fourth-order valence-electron chi connectivity index (χ4n) is 3.85. The quantitative estimate of drug-likeness (QED) is 0.293. The van der Waals surface area contributed by atoms with E-state index in [1.165, 1.54) is 39.6 Å². The highest BCUT2D eigenvalue weighted by atomic mass is 32.2. The predicted octanol–water partition coefficient (Wildman–Crippen LogP) is 5.58. The Kier molecular flexibility index (Phi) is 4.97. The van der Waals surface area contributed by atoms with Gasteiger partial charge in [-0.2, -0.15) is 0 Å². The van der Waals surface area contributed by atoms with E-state index in [1.54, 1.807) is 0 Å². The molecular weight excluding hydrogens is 390 g/mol. The minimum absolute atomic E-state index is 0.0887. The third kappa shape index (κ3) is 3.57. The lowest BCUT2D eigenvalue weighted by Crippen LogP contribution is -2.03. The highest BCUT2D eigenvalue weighted by molar-refractivity contribution is 7.99. The topological polar surface area (TPSA) is 58.6 Å². The molecule has 0 aliphatic heterocycles. The van der Waals surface area contributed by atoms with Gasteiger partial charge >= 0.3 is 0 Å². The van der Waals surface area contributed by atoms with E-state index in [0.717, 1.165) is 29.8 Å². The molecule has 1 aliphatic rings. The number of nitrogens with zero attached hydrogens (tertiary/aromatic N) is 2. The van der Waals surface area contributed by atoms with Crippen LogP contribution in [-0.2, 0) is 12.8 Å². The van der Waals surface area contributed by atoms with Crippen LogP contribution in [0.2, 0.25) is 0 Å². The summed E-state index contributed by atoms with van der Waals surface area (Å²) < 4.78 is 0. The average Bonchev–Trinajstić information content (AvgIpc) is 3.42. The molecule has 0 fully saturated rings. The van der Waals surface area contributed by atoms with Crippen molar-refractivity contribution in [1.82, 2.24) is 15.2 Å². The largest absolute Gasteiger partial charge is 0.293 e. The van der Waals surface area contributed by atoms with Crippen molar-refractivity contribution < 1.29 is 4.79 Å². The van der Waals surface area contributed by atoms with Gasteiger partial charge in [0.25, 0.3) is 0 Å². The lowest BCUT2D eigenvalue weighted by Gasteiger charge is -2.04. The number of aromatic nitrogens is 3. The number of carbonyl (C=O) groups is 1. The zero-order valence-corrected chi connectivity index (χ0v) is 17.5. The molecule has 0 saturated carbocycles. The Balaban J connectivity index is 1.28. The monoisotopic (exact) mass is 411 g/mol. The van der Waals surface area contributed by atoms with Crippen LogP contribution in [0.15, 0.2) is 71.9 Å². The van der Waals surface area contributed by atoms with Gasteiger partial charge in [0.1, 0.15) is 0 Å². The van der Waals surface area contributed by atoms with E-state index in [1.807, 2.05) is 24.3 Å². The Hall–Kier alpha value is -3.18. The SMILES string of the molecule is CCc1ccc(-c2nc(SCC(=O)c3ccc4c(c3)-c3ccccc3C4)n[nH]2)cc1. The van der Waals surface area contributed by atoms with Crippen LogP contribution in [0.4, 0.5) is 0 Å². The first-order chi connectivity index (χ1) is 14.7. The Morgan fingerprint density at radius 1 is 1.00 bits per heavy atom. The molecule has 1 aliphatic carbocycles. The van der Waals surface area contributed by atoms with Gasteiger partial charge in [0.05, 0.1) is 5.75 Å². The number of Topliss-reactive ketones (excluding diaryl/α,β-unsaturated/α-hetero) is 1. The third-order valence-corrected chi connectivity index (χ3v) is 6.40. The van der Waals surface area contributed by atoms with E-state index in [2.05, 4.69) is 64.6 Å².